The summed E-state index contributed by atoms with van der Waals surface area (Å²) in [6.07, 6.45) is -6.18. The molecule has 172 valence electrons. The minimum atomic E-state index is -5.00. The Balaban J connectivity index is 1.93. The zero-order chi connectivity index (χ0) is 24.1. The number of benzene rings is 2. The van der Waals surface area contributed by atoms with Crippen LogP contribution in [0.15, 0.2) is 47.3 Å². The van der Waals surface area contributed by atoms with Crippen LogP contribution in [0, 0.1) is 23.3 Å². The molecule has 33 heavy (non-hydrogen) atoms. The molecule has 4 rings (SSSR count). The number of nitrogens with zero attached hydrogens (tertiary/aromatic N) is 2. The number of hydrogen-bond donors (Lipinski definition) is 1. The van der Waals surface area contributed by atoms with Gasteiger partial charge in [-0.05, 0) is 35.4 Å². The van der Waals surface area contributed by atoms with Gasteiger partial charge in [0.15, 0.2) is 5.69 Å². The molecule has 0 fully saturated rings. The Kier molecular flexibility index (Phi) is 5.26. The molecule has 1 aliphatic heterocycles. The molecule has 0 saturated carbocycles. The van der Waals surface area contributed by atoms with Gasteiger partial charge in [0.05, 0.1) is 0 Å². The second-order valence-electron chi connectivity index (χ2n) is 7.53. The second kappa shape index (κ2) is 7.71. The number of carbonyl (C=O) groups excluding carboxylic acids is 1. The van der Waals surface area contributed by atoms with Crippen molar-refractivity contribution in [2.24, 2.45) is 0 Å². The number of aromatic nitrogens is 2. The van der Waals surface area contributed by atoms with E-state index in [9.17, 15) is 40.3 Å². The van der Waals surface area contributed by atoms with Gasteiger partial charge in [0, 0.05) is 31.0 Å². The number of hydrogen-bond acceptors (Lipinski definition) is 3. The zero-order valence-electron chi connectivity index (χ0n) is 16.3. The van der Waals surface area contributed by atoms with Crippen LogP contribution in [-0.4, -0.2) is 15.5 Å². The molecule has 1 N–H and O–H groups in total. The summed E-state index contributed by atoms with van der Waals surface area (Å²) in [5.74, 6) is -5.82. The summed E-state index contributed by atoms with van der Waals surface area (Å²) in [6.45, 7) is 0. The first kappa shape index (κ1) is 22.5. The van der Waals surface area contributed by atoms with E-state index in [1.54, 1.807) is 0 Å². The van der Waals surface area contributed by atoms with E-state index in [-0.39, 0.29) is 17.2 Å². The lowest BCUT2D eigenvalue weighted by molar-refractivity contribution is -0.141. The predicted octanol–water partition coefficient (Wildman–Crippen LogP) is 3.95. The van der Waals surface area contributed by atoms with E-state index >= 15 is 0 Å². The molecule has 2 aromatic carbocycles. The highest BCUT2D eigenvalue weighted by Gasteiger charge is 2.49. The molecule has 3 aromatic rings. The Morgan fingerprint density at radius 3 is 1.67 bits per heavy atom. The van der Waals surface area contributed by atoms with Crippen LogP contribution in [0.4, 0.5) is 36.7 Å². The first-order valence-corrected chi connectivity index (χ1v) is 9.30. The van der Waals surface area contributed by atoms with Crippen molar-refractivity contribution in [2.45, 2.75) is 24.6 Å². The maximum Gasteiger partial charge on any atom is 0.433 e. The monoisotopic (exact) mass is 471 g/mol. The van der Waals surface area contributed by atoms with Gasteiger partial charge in [-0.25, -0.2) is 22.5 Å². The van der Waals surface area contributed by atoms with Crippen molar-refractivity contribution in [3.63, 3.8) is 0 Å². The van der Waals surface area contributed by atoms with Gasteiger partial charge in [-0.2, -0.15) is 13.2 Å². The Morgan fingerprint density at radius 1 is 0.788 bits per heavy atom. The number of fused-ring (bicyclic) bond motifs is 1. The molecule has 0 spiro atoms. The van der Waals surface area contributed by atoms with E-state index in [0.29, 0.717) is 16.7 Å². The largest absolute Gasteiger partial charge is 0.433 e. The summed E-state index contributed by atoms with van der Waals surface area (Å²) in [4.78, 5) is 29.1. The zero-order valence-corrected chi connectivity index (χ0v) is 16.3. The van der Waals surface area contributed by atoms with Gasteiger partial charge in [-0.3, -0.25) is 19.5 Å². The molecule has 2 heterocycles. The highest BCUT2D eigenvalue weighted by atomic mass is 19.4. The van der Waals surface area contributed by atoms with Crippen LogP contribution in [0.5, 0.6) is 0 Å². The van der Waals surface area contributed by atoms with Crippen molar-refractivity contribution in [2.75, 3.05) is 5.32 Å². The van der Waals surface area contributed by atoms with E-state index in [1.165, 1.54) is 0 Å². The lowest BCUT2D eigenvalue weighted by atomic mass is 9.84. The van der Waals surface area contributed by atoms with Gasteiger partial charge in [0.1, 0.15) is 28.8 Å². The minimum absolute atomic E-state index is 0.126. The summed E-state index contributed by atoms with van der Waals surface area (Å²) in [6, 6.07) is 4.75. The van der Waals surface area contributed by atoms with Gasteiger partial charge >= 0.3 is 6.18 Å². The summed E-state index contributed by atoms with van der Waals surface area (Å²) >= 11 is 0. The van der Waals surface area contributed by atoms with Crippen LogP contribution in [0.2, 0.25) is 0 Å². The van der Waals surface area contributed by atoms with Gasteiger partial charge in [-0.15, -0.1) is 0 Å². The van der Waals surface area contributed by atoms with Crippen molar-refractivity contribution in [1.29, 1.82) is 0 Å². The summed E-state index contributed by atoms with van der Waals surface area (Å²) in [5.41, 5.74) is -5.23. The van der Waals surface area contributed by atoms with E-state index in [1.807, 2.05) is 0 Å². The van der Waals surface area contributed by atoms with Crippen molar-refractivity contribution < 1.29 is 35.5 Å². The predicted molar refractivity (Wildman–Crippen MR) is 100 cm³/mol. The molecule has 0 bridgehead atoms. The fourth-order valence-electron chi connectivity index (χ4n) is 3.93. The van der Waals surface area contributed by atoms with Gasteiger partial charge in [0.25, 0.3) is 11.5 Å². The molecule has 1 amide bonds. The fourth-order valence-corrected chi connectivity index (χ4v) is 3.93. The average molecular weight is 471 g/mol. The van der Waals surface area contributed by atoms with Crippen molar-refractivity contribution >= 4 is 11.9 Å². The number of amides is 1. The SMILES string of the molecule is O=C1Nc2nc(C(F)(F)F)cc(=O)n2C1(Cc1cc(F)cc(F)c1)Cc1cc(F)cc(F)c1. The maximum absolute atomic E-state index is 13.8. The molecular formula is C21H12F7N3O2. The quantitative estimate of drug-likeness (QED) is 0.587. The Labute approximate surface area is 180 Å². The fraction of sp³-hybridized carbons (Fsp3) is 0.190. The van der Waals surface area contributed by atoms with E-state index in [0.717, 1.165) is 24.3 Å². The van der Waals surface area contributed by atoms with Crippen molar-refractivity contribution in [3.05, 3.63) is 92.9 Å². The second-order valence-corrected chi connectivity index (χ2v) is 7.53. The molecule has 0 saturated heterocycles. The van der Waals surface area contributed by atoms with Crippen LogP contribution >= 0.6 is 0 Å². The van der Waals surface area contributed by atoms with Crippen LogP contribution < -0.4 is 10.9 Å². The number of alkyl halides is 3. The van der Waals surface area contributed by atoms with Crippen LogP contribution in [-0.2, 0) is 29.4 Å². The van der Waals surface area contributed by atoms with Crippen LogP contribution in [0.25, 0.3) is 0 Å². The topological polar surface area (TPSA) is 64.0 Å². The molecule has 0 atom stereocenters. The minimum Gasteiger partial charge on any atom is -0.294 e. The summed E-state index contributed by atoms with van der Waals surface area (Å²) in [7, 11) is 0. The molecule has 5 nitrogen and oxygen atoms in total. The first-order chi connectivity index (χ1) is 15.4. The van der Waals surface area contributed by atoms with E-state index < -0.39 is 70.9 Å². The third-order valence-electron chi connectivity index (χ3n) is 5.12. The van der Waals surface area contributed by atoms with Gasteiger partial charge < -0.3 is 0 Å². The number of anilines is 1. The maximum atomic E-state index is 13.8. The molecule has 12 heteroatoms. The van der Waals surface area contributed by atoms with Gasteiger partial charge in [-0.1, -0.05) is 0 Å². The third kappa shape index (κ3) is 4.20. The smallest absolute Gasteiger partial charge is 0.294 e. The van der Waals surface area contributed by atoms with E-state index in [2.05, 4.69) is 10.3 Å². The van der Waals surface area contributed by atoms with Crippen molar-refractivity contribution in [1.82, 2.24) is 9.55 Å². The Bertz CT molecular complexity index is 1240. The van der Waals surface area contributed by atoms with Crippen LogP contribution in [0.3, 0.4) is 0 Å². The molecule has 1 aromatic heterocycles. The molecule has 1 aliphatic rings. The summed E-state index contributed by atoms with van der Waals surface area (Å²) in [5, 5.41) is 2.08. The van der Waals surface area contributed by atoms with Crippen LogP contribution in [0.1, 0.15) is 16.8 Å². The number of nitrogens with one attached hydrogen (secondary N) is 1. The standard InChI is InChI=1S/C21H12F7N3O2/c22-12-1-10(2-13(23)5-12)8-20(9-11-3-14(24)6-15(25)4-11)18(33)30-19-29-16(21(26,27)28)7-17(32)31(19)20/h1-7H,8-9H2,(H,29,30,33). The normalized spacial score (nSPS) is 14.8. The number of rotatable bonds is 4. The highest BCUT2D eigenvalue weighted by molar-refractivity contribution is 5.99. The molecule has 0 radical (unpaired) electrons. The Morgan fingerprint density at radius 2 is 1.24 bits per heavy atom. The number of halogens is 7. The average Bonchev–Trinajstić information content (AvgIpc) is 2.90. The van der Waals surface area contributed by atoms with Crippen molar-refractivity contribution in [3.8, 4) is 0 Å². The van der Waals surface area contributed by atoms with Gasteiger partial charge in [0.2, 0.25) is 5.95 Å². The lowest BCUT2D eigenvalue weighted by Gasteiger charge is -2.29. The lowest BCUT2D eigenvalue weighted by Crippen LogP contribution is -2.47. The summed E-state index contributed by atoms with van der Waals surface area (Å²) < 4.78 is 95.0. The molecular weight excluding hydrogens is 459 g/mol. The third-order valence-corrected chi connectivity index (χ3v) is 5.12. The van der Waals surface area contributed by atoms with E-state index in [4.69, 9.17) is 0 Å². The highest BCUT2D eigenvalue weighted by Crippen LogP contribution is 2.36. The Hall–Kier alpha value is -3.70. The number of carbonyl (C=O) groups is 1. The first-order valence-electron chi connectivity index (χ1n) is 9.30. The molecule has 0 unspecified atom stereocenters. The molecule has 0 aliphatic carbocycles.